The third-order valence-electron chi connectivity index (χ3n) is 5.03. The molecule has 1 heterocycles. The van der Waals surface area contributed by atoms with E-state index in [1.165, 1.54) is 6.07 Å². The van der Waals surface area contributed by atoms with E-state index < -0.39 is 20.7 Å². The Balaban J connectivity index is 1.63. The van der Waals surface area contributed by atoms with Crippen LogP contribution in [0.4, 0.5) is 10.1 Å². The van der Waals surface area contributed by atoms with E-state index in [9.17, 15) is 12.8 Å². The molecule has 0 bridgehead atoms. The first-order valence-electron chi connectivity index (χ1n) is 9.65. The van der Waals surface area contributed by atoms with Crippen molar-refractivity contribution in [3.63, 3.8) is 0 Å². The Morgan fingerprint density at radius 2 is 1.58 bits per heavy atom. The van der Waals surface area contributed by atoms with Crippen LogP contribution in [0.5, 0.6) is 0 Å². The molecule has 0 aromatic heterocycles. The van der Waals surface area contributed by atoms with Crippen molar-refractivity contribution in [3.8, 4) is 0 Å². The molecule has 1 N–H and O–H groups in total. The average Bonchev–Trinajstić information content (AvgIpc) is 3.18. The second kappa shape index (κ2) is 9.78. The van der Waals surface area contributed by atoms with Gasteiger partial charge in [0.1, 0.15) is 10.7 Å². The summed E-state index contributed by atoms with van der Waals surface area (Å²) >= 11 is 24.3. The van der Waals surface area contributed by atoms with Crippen molar-refractivity contribution in [2.24, 2.45) is 5.10 Å². The molecule has 0 fully saturated rings. The van der Waals surface area contributed by atoms with Crippen LogP contribution in [0.3, 0.4) is 0 Å². The summed E-state index contributed by atoms with van der Waals surface area (Å²) < 4.78 is 41.8. The normalized spacial score (nSPS) is 16.2. The maximum absolute atomic E-state index is 14.1. The minimum Gasteiger partial charge on any atom is -0.256 e. The molecule has 172 valence electrons. The zero-order valence-electron chi connectivity index (χ0n) is 16.8. The highest BCUT2D eigenvalue weighted by molar-refractivity contribution is 7.89. The number of hydrogen-bond acceptors (Lipinski definition) is 4. The summed E-state index contributed by atoms with van der Waals surface area (Å²) in [4.78, 5) is -0.527. The second-order valence-corrected chi connectivity index (χ2v) is 10.7. The molecule has 1 atom stereocenters. The fourth-order valence-electron chi connectivity index (χ4n) is 3.45. The summed E-state index contributed by atoms with van der Waals surface area (Å²) in [5, 5.41) is 7.90. The molecule has 1 aliphatic rings. The second-order valence-electron chi connectivity index (χ2n) is 7.28. The number of halogens is 5. The van der Waals surface area contributed by atoms with Crippen LogP contribution < -0.4 is 9.73 Å². The highest BCUT2D eigenvalue weighted by Gasteiger charge is 2.31. The average molecular weight is 547 g/mol. The van der Waals surface area contributed by atoms with Gasteiger partial charge >= 0.3 is 0 Å². The van der Waals surface area contributed by atoms with Crippen LogP contribution in [-0.4, -0.2) is 20.7 Å². The van der Waals surface area contributed by atoms with E-state index in [1.54, 1.807) is 35.3 Å². The smallest absolute Gasteiger partial charge is 0.243 e. The molecule has 1 unspecified atom stereocenters. The van der Waals surface area contributed by atoms with Gasteiger partial charge in [-0.2, -0.15) is 5.10 Å². The maximum atomic E-state index is 14.1. The molecular formula is C22H16Cl4FN3O2S. The first-order valence-corrected chi connectivity index (χ1v) is 12.6. The molecule has 3 aromatic rings. The minimum absolute atomic E-state index is 0.112. The molecule has 11 heteroatoms. The first kappa shape index (κ1) is 24.3. The number of nitrogens with one attached hydrogen (secondary N) is 1. The quantitative estimate of drug-likeness (QED) is 0.373. The summed E-state index contributed by atoms with van der Waals surface area (Å²) in [6.45, 7) is -0.125. The monoisotopic (exact) mass is 545 g/mol. The molecule has 5 nitrogen and oxygen atoms in total. The number of sulfonamides is 1. The lowest BCUT2D eigenvalue weighted by molar-refractivity contribution is 0.560. The predicted molar refractivity (Wildman–Crippen MR) is 132 cm³/mol. The Labute approximate surface area is 210 Å². The van der Waals surface area contributed by atoms with Crippen LogP contribution in [0.2, 0.25) is 20.1 Å². The van der Waals surface area contributed by atoms with E-state index in [4.69, 9.17) is 46.4 Å². The summed E-state index contributed by atoms with van der Waals surface area (Å²) in [7, 11) is -4.15. The van der Waals surface area contributed by atoms with Gasteiger partial charge in [-0.15, -0.1) is 0 Å². The van der Waals surface area contributed by atoms with Gasteiger partial charge in [0, 0.05) is 21.5 Å². The summed E-state index contributed by atoms with van der Waals surface area (Å²) in [6, 6.07) is 15.4. The Kier molecular flexibility index (Phi) is 7.19. The number of hydrogen-bond donors (Lipinski definition) is 1. The molecule has 0 saturated heterocycles. The third-order valence-corrected chi connectivity index (χ3v) is 7.47. The van der Waals surface area contributed by atoms with Gasteiger partial charge in [-0.05, 0) is 54.1 Å². The lowest BCUT2D eigenvalue weighted by Gasteiger charge is -2.25. The van der Waals surface area contributed by atoms with Gasteiger partial charge in [0.05, 0.1) is 29.0 Å². The van der Waals surface area contributed by atoms with E-state index in [0.717, 1.165) is 17.7 Å². The highest BCUT2D eigenvalue weighted by Crippen LogP contribution is 2.39. The standard InChI is InChI=1S/C22H16Cl4FN3O2S/c23-14-3-1-13(2-4-14)21-11-17(29-30(21)20-8-6-15(24)9-18(20)26)12-28-33(31,32)22-10-16(25)5-7-19(22)27/h1-10,21,28H,11-12H2. The first-order chi connectivity index (χ1) is 15.6. The van der Waals surface area contributed by atoms with Gasteiger partial charge in [-0.1, -0.05) is 58.5 Å². The molecular weight excluding hydrogens is 531 g/mol. The van der Waals surface area contributed by atoms with E-state index >= 15 is 0 Å². The molecule has 0 aliphatic carbocycles. The lowest BCUT2D eigenvalue weighted by Crippen LogP contribution is -2.29. The molecule has 3 aromatic carbocycles. The fraction of sp³-hybridized carbons (Fsp3) is 0.136. The molecule has 1 aliphatic heterocycles. The number of rotatable bonds is 6. The molecule has 33 heavy (non-hydrogen) atoms. The van der Waals surface area contributed by atoms with E-state index in [2.05, 4.69) is 9.82 Å². The van der Waals surface area contributed by atoms with E-state index in [1.807, 2.05) is 12.1 Å². The molecule has 0 amide bonds. The molecule has 4 rings (SSSR count). The topological polar surface area (TPSA) is 61.8 Å². The van der Waals surface area contributed by atoms with Gasteiger partial charge in [0.2, 0.25) is 10.0 Å². The van der Waals surface area contributed by atoms with Crippen LogP contribution in [0.15, 0.2) is 70.7 Å². The van der Waals surface area contributed by atoms with Crippen molar-refractivity contribution in [2.75, 3.05) is 11.6 Å². The maximum Gasteiger partial charge on any atom is 0.243 e. The molecule has 0 radical (unpaired) electrons. The van der Waals surface area contributed by atoms with Crippen molar-refractivity contribution in [1.82, 2.24) is 4.72 Å². The van der Waals surface area contributed by atoms with Gasteiger partial charge in [0.25, 0.3) is 0 Å². The van der Waals surface area contributed by atoms with Crippen molar-refractivity contribution in [2.45, 2.75) is 17.4 Å². The fourth-order valence-corrected chi connectivity index (χ4v) is 5.43. The van der Waals surface area contributed by atoms with Gasteiger partial charge < -0.3 is 0 Å². The largest absolute Gasteiger partial charge is 0.256 e. The summed E-state index contributed by atoms with van der Waals surface area (Å²) in [6.07, 6.45) is 0.404. The van der Waals surface area contributed by atoms with Gasteiger partial charge in [0.15, 0.2) is 0 Å². The van der Waals surface area contributed by atoms with Crippen molar-refractivity contribution < 1.29 is 12.8 Å². The lowest BCUT2D eigenvalue weighted by atomic mass is 10.0. The molecule has 0 spiro atoms. The molecule has 0 saturated carbocycles. The van der Waals surface area contributed by atoms with Gasteiger partial charge in [-0.25, -0.2) is 17.5 Å². The zero-order chi connectivity index (χ0) is 23.8. The predicted octanol–water partition coefficient (Wildman–Crippen LogP) is 6.73. The SMILES string of the molecule is O=S(=O)(NCC1=NN(c2ccc(Cl)cc2Cl)C(c2ccc(Cl)cc2)C1)c1cc(Cl)ccc1F. The van der Waals surface area contributed by atoms with Gasteiger partial charge in [-0.3, -0.25) is 5.01 Å². The van der Waals surface area contributed by atoms with Crippen LogP contribution in [0, 0.1) is 5.82 Å². The van der Waals surface area contributed by atoms with Crippen LogP contribution in [-0.2, 0) is 10.0 Å². The Morgan fingerprint density at radius 1 is 0.939 bits per heavy atom. The van der Waals surface area contributed by atoms with E-state index in [-0.39, 0.29) is 17.6 Å². The number of nitrogens with zero attached hydrogens (tertiary/aromatic N) is 2. The third kappa shape index (κ3) is 5.45. The summed E-state index contributed by atoms with van der Waals surface area (Å²) in [5.41, 5.74) is 2.06. The number of hydrazone groups is 1. The Morgan fingerprint density at radius 3 is 2.27 bits per heavy atom. The van der Waals surface area contributed by atoms with Crippen molar-refractivity contribution in [1.29, 1.82) is 0 Å². The van der Waals surface area contributed by atoms with Crippen LogP contribution in [0.1, 0.15) is 18.0 Å². The zero-order valence-corrected chi connectivity index (χ0v) is 20.6. The van der Waals surface area contributed by atoms with Crippen molar-refractivity contribution in [3.05, 3.63) is 92.1 Å². The number of anilines is 1. The Hall–Kier alpha value is -1.87. The number of benzene rings is 3. The van der Waals surface area contributed by atoms with Crippen LogP contribution >= 0.6 is 46.4 Å². The van der Waals surface area contributed by atoms with Crippen LogP contribution in [0.25, 0.3) is 0 Å². The summed E-state index contributed by atoms with van der Waals surface area (Å²) in [5.74, 6) is -0.895. The Bertz CT molecular complexity index is 1330. The van der Waals surface area contributed by atoms with E-state index in [0.29, 0.717) is 32.9 Å². The minimum atomic E-state index is -4.15. The highest BCUT2D eigenvalue weighted by atomic mass is 35.5. The van der Waals surface area contributed by atoms with Crippen molar-refractivity contribution >= 4 is 67.8 Å².